The van der Waals surface area contributed by atoms with Gasteiger partial charge in [-0.1, -0.05) is 18.2 Å². The second kappa shape index (κ2) is 6.63. The minimum atomic E-state index is 0.512. The van der Waals surface area contributed by atoms with Crippen LogP contribution in [0.2, 0.25) is 0 Å². The second-order valence-corrected chi connectivity index (χ2v) is 10.1. The lowest BCUT2D eigenvalue weighted by Crippen LogP contribution is -2.52. The Morgan fingerprint density at radius 3 is 2.55 bits per heavy atom. The van der Waals surface area contributed by atoms with E-state index in [1.807, 2.05) is 12.4 Å². The Morgan fingerprint density at radius 2 is 1.77 bits per heavy atom. The Balaban J connectivity index is 0.974. The van der Waals surface area contributed by atoms with Gasteiger partial charge < -0.3 is 9.47 Å². The van der Waals surface area contributed by atoms with Crippen LogP contribution in [0, 0.1) is 17.3 Å². The van der Waals surface area contributed by atoms with Gasteiger partial charge in [0.2, 0.25) is 0 Å². The maximum Gasteiger partial charge on any atom is 0.147 e. The average molecular weight is 413 g/mol. The lowest BCUT2D eigenvalue weighted by Gasteiger charge is -2.49. The molecule has 2 aliphatic heterocycles. The van der Waals surface area contributed by atoms with Gasteiger partial charge in [-0.2, -0.15) is 0 Å². The van der Waals surface area contributed by atoms with Gasteiger partial charge in [-0.3, -0.25) is 9.88 Å². The Labute approximate surface area is 182 Å². The van der Waals surface area contributed by atoms with Crippen LogP contribution in [0.15, 0.2) is 61.3 Å². The SMILES string of the molecule is c1ccc(-n2ccnc2C2[C@H]3CN(C4CC5(CCN(c6cnccn6)C5)C4)C[C@@H]23)cc1. The number of likely N-dealkylation sites (tertiary alicyclic amines) is 1. The summed E-state index contributed by atoms with van der Waals surface area (Å²) in [5, 5.41) is 0. The molecule has 4 aliphatic rings. The minimum absolute atomic E-state index is 0.512. The maximum atomic E-state index is 4.76. The quantitative estimate of drug-likeness (QED) is 0.658. The third-order valence-corrected chi connectivity index (χ3v) is 8.39. The van der Waals surface area contributed by atoms with Crippen LogP contribution in [0.25, 0.3) is 5.69 Å². The molecule has 2 saturated carbocycles. The summed E-state index contributed by atoms with van der Waals surface area (Å²) in [6, 6.07) is 11.4. The van der Waals surface area contributed by atoms with E-state index in [-0.39, 0.29) is 0 Å². The van der Waals surface area contributed by atoms with Crippen molar-refractivity contribution in [2.75, 3.05) is 31.1 Å². The Kier molecular flexibility index (Phi) is 3.83. The summed E-state index contributed by atoms with van der Waals surface area (Å²) in [5.41, 5.74) is 1.74. The van der Waals surface area contributed by atoms with Gasteiger partial charge in [0.1, 0.15) is 11.6 Å². The monoisotopic (exact) mass is 412 g/mol. The molecule has 31 heavy (non-hydrogen) atoms. The van der Waals surface area contributed by atoms with Crippen LogP contribution in [-0.2, 0) is 0 Å². The van der Waals surface area contributed by atoms with Crippen molar-refractivity contribution in [1.29, 1.82) is 0 Å². The molecule has 3 aromatic rings. The van der Waals surface area contributed by atoms with Crippen molar-refractivity contribution in [1.82, 2.24) is 24.4 Å². The van der Waals surface area contributed by atoms with Crippen molar-refractivity contribution in [2.24, 2.45) is 17.3 Å². The highest BCUT2D eigenvalue weighted by molar-refractivity contribution is 5.39. The fourth-order valence-corrected chi connectivity index (χ4v) is 6.73. The summed E-state index contributed by atoms with van der Waals surface area (Å²) < 4.78 is 2.30. The largest absolute Gasteiger partial charge is 0.355 e. The molecule has 4 heterocycles. The predicted molar refractivity (Wildman–Crippen MR) is 119 cm³/mol. The number of piperidine rings is 1. The van der Waals surface area contributed by atoms with Gasteiger partial charge in [0.05, 0.1) is 6.20 Å². The molecule has 1 spiro atoms. The number of nitrogens with zero attached hydrogens (tertiary/aromatic N) is 6. The van der Waals surface area contributed by atoms with Crippen molar-refractivity contribution >= 4 is 5.82 Å². The molecule has 6 nitrogen and oxygen atoms in total. The first-order valence-corrected chi connectivity index (χ1v) is 11.6. The molecule has 7 rings (SSSR count). The average Bonchev–Trinajstić information content (AvgIpc) is 3.28. The number of para-hydroxylation sites is 1. The van der Waals surface area contributed by atoms with E-state index in [0.717, 1.165) is 36.8 Å². The number of benzene rings is 1. The Bertz CT molecular complexity index is 1060. The smallest absolute Gasteiger partial charge is 0.147 e. The highest BCUT2D eigenvalue weighted by Gasteiger charge is 2.61. The number of imidazole rings is 1. The summed E-state index contributed by atoms with van der Waals surface area (Å²) in [5.74, 6) is 4.53. The lowest BCUT2D eigenvalue weighted by atomic mass is 9.64. The first kappa shape index (κ1) is 17.9. The van der Waals surface area contributed by atoms with Crippen molar-refractivity contribution in [3.8, 4) is 5.69 Å². The molecule has 3 atom stereocenters. The zero-order valence-electron chi connectivity index (χ0n) is 17.7. The van der Waals surface area contributed by atoms with Crippen molar-refractivity contribution in [2.45, 2.75) is 31.2 Å². The molecular formula is C25H28N6. The molecule has 2 aromatic heterocycles. The number of aromatic nitrogens is 4. The number of hydrogen-bond donors (Lipinski definition) is 0. The van der Waals surface area contributed by atoms with Crippen LogP contribution < -0.4 is 4.90 Å². The van der Waals surface area contributed by atoms with Gasteiger partial charge in [-0.15, -0.1) is 0 Å². The van der Waals surface area contributed by atoms with Gasteiger partial charge in [-0.25, -0.2) is 9.97 Å². The van der Waals surface area contributed by atoms with E-state index in [1.54, 1.807) is 12.4 Å². The van der Waals surface area contributed by atoms with E-state index < -0.39 is 0 Å². The number of hydrogen-bond acceptors (Lipinski definition) is 5. The molecule has 1 aromatic carbocycles. The highest BCUT2D eigenvalue weighted by Crippen LogP contribution is 2.60. The minimum Gasteiger partial charge on any atom is -0.355 e. The number of rotatable bonds is 4. The molecule has 2 aliphatic carbocycles. The first-order chi connectivity index (χ1) is 15.3. The molecule has 0 N–H and O–H groups in total. The fraction of sp³-hybridized carbons (Fsp3) is 0.480. The third-order valence-electron chi connectivity index (χ3n) is 8.39. The van der Waals surface area contributed by atoms with E-state index in [9.17, 15) is 0 Å². The first-order valence-electron chi connectivity index (χ1n) is 11.6. The van der Waals surface area contributed by atoms with Crippen LogP contribution in [0.5, 0.6) is 0 Å². The van der Waals surface area contributed by atoms with Gasteiger partial charge in [-0.05, 0) is 48.6 Å². The van der Waals surface area contributed by atoms with E-state index >= 15 is 0 Å². The highest BCUT2D eigenvalue weighted by atomic mass is 15.3. The van der Waals surface area contributed by atoms with Crippen LogP contribution in [0.3, 0.4) is 0 Å². The van der Waals surface area contributed by atoms with Gasteiger partial charge in [0.25, 0.3) is 0 Å². The third kappa shape index (κ3) is 2.84. The number of fused-ring (bicyclic) bond motifs is 1. The summed E-state index contributed by atoms with van der Waals surface area (Å²) in [7, 11) is 0. The zero-order chi connectivity index (χ0) is 20.4. The summed E-state index contributed by atoms with van der Waals surface area (Å²) in [4.78, 5) is 18.7. The van der Waals surface area contributed by atoms with Crippen LogP contribution in [-0.4, -0.2) is 56.6 Å². The summed E-state index contributed by atoms with van der Waals surface area (Å²) in [6.07, 6.45) is 13.6. The van der Waals surface area contributed by atoms with Crippen molar-refractivity contribution < 1.29 is 0 Å². The molecule has 0 radical (unpaired) electrons. The molecular weight excluding hydrogens is 384 g/mol. The number of anilines is 1. The van der Waals surface area contributed by atoms with Gasteiger partial charge in [0, 0.05) is 68.6 Å². The van der Waals surface area contributed by atoms with E-state index in [1.165, 1.54) is 43.9 Å². The molecule has 1 unspecified atom stereocenters. The van der Waals surface area contributed by atoms with E-state index in [2.05, 4.69) is 60.9 Å². The molecule has 6 heteroatoms. The molecule has 4 fully saturated rings. The fourth-order valence-electron chi connectivity index (χ4n) is 6.73. The van der Waals surface area contributed by atoms with E-state index in [4.69, 9.17) is 4.98 Å². The zero-order valence-corrected chi connectivity index (χ0v) is 17.7. The van der Waals surface area contributed by atoms with Crippen LogP contribution >= 0.6 is 0 Å². The van der Waals surface area contributed by atoms with Crippen LogP contribution in [0.4, 0.5) is 5.82 Å². The predicted octanol–water partition coefficient (Wildman–Crippen LogP) is 3.37. The maximum absolute atomic E-state index is 4.76. The second-order valence-electron chi connectivity index (χ2n) is 10.1. The molecule has 0 bridgehead atoms. The van der Waals surface area contributed by atoms with Gasteiger partial charge >= 0.3 is 0 Å². The van der Waals surface area contributed by atoms with Crippen LogP contribution in [0.1, 0.15) is 31.0 Å². The molecule has 158 valence electrons. The standard InChI is InChI=1S/C25H28N6/c1-2-4-18(5-3-1)31-11-9-28-24(31)23-20-15-30(16-21(20)23)19-12-25(13-19)6-10-29(17-25)22-14-26-7-8-27-22/h1-5,7-9,11,14,19-21,23H,6,10,12-13,15-17H2/t19?,20-,21+,23?,25?. The Morgan fingerprint density at radius 1 is 0.935 bits per heavy atom. The molecule has 0 amide bonds. The lowest BCUT2D eigenvalue weighted by molar-refractivity contribution is 0.0212. The van der Waals surface area contributed by atoms with Gasteiger partial charge in [0.15, 0.2) is 0 Å². The van der Waals surface area contributed by atoms with Crippen molar-refractivity contribution in [3.05, 3.63) is 67.1 Å². The topological polar surface area (TPSA) is 50.1 Å². The van der Waals surface area contributed by atoms with E-state index in [0.29, 0.717) is 11.3 Å². The molecule has 2 saturated heterocycles. The van der Waals surface area contributed by atoms with Crippen molar-refractivity contribution in [3.63, 3.8) is 0 Å². The summed E-state index contributed by atoms with van der Waals surface area (Å²) in [6.45, 7) is 4.79. The summed E-state index contributed by atoms with van der Waals surface area (Å²) >= 11 is 0. The Hall–Kier alpha value is -2.73. The normalized spacial score (nSPS) is 34.1.